The van der Waals surface area contributed by atoms with Crippen LogP contribution in [0.15, 0.2) is 186 Å². The Morgan fingerprint density at radius 2 is 0.933 bits per heavy atom. The lowest BCUT2D eigenvalue weighted by Gasteiger charge is -2.21. The first-order chi connectivity index (χ1) is 29.6. The van der Waals surface area contributed by atoms with Gasteiger partial charge in [0, 0.05) is 44.0 Å². The van der Waals surface area contributed by atoms with E-state index in [1.165, 1.54) is 0 Å². The predicted octanol–water partition coefficient (Wildman–Crippen LogP) is 12.9. The summed E-state index contributed by atoms with van der Waals surface area (Å²) in [4.78, 5) is 15.2. The number of aromatic nitrogens is 4. The minimum atomic E-state index is 0.482. The van der Waals surface area contributed by atoms with Crippen molar-refractivity contribution in [3.63, 3.8) is 0 Å². The van der Waals surface area contributed by atoms with Crippen molar-refractivity contribution in [2.75, 3.05) is 0 Å². The predicted molar refractivity (Wildman–Crippen MR) is 238 cm³/mol. The number of hydrogen-bond donors (Lipinski definition) is 0. The summed E-state index contributed by atoms with van der Waals surface area (Å²) in [5, 5.41) is 24.5. The minimum absolute atomic E-state index is 0.482. The zero-order chi connectivity index (χ0) is 40.2. The lowest BCUT2D eigenvalue weighted by molar-refractivity contribution is 0.673. The quantitative estimate of drug-likeness (QED) is 0.167. The highest BCUT2D eigenvalue weighted by molar-refractivity contribution is 6.24. The van der Waals surface area contributed by atoms with Crippen LogP contribution in [-0.2, 0) is 0 Å². The van der Waals surface area contributed by atoms with Crippen LogP contribution in [0.2, 0.25) is 0 Å². The van der Waals surface area contributed by atoms with Crippen molar-refractivity contribution in [1.29, 1.82) is 10.5 Å². The fourth-order valence-electron chi connectivity index (χ4n) is 8.37. The van der Waals surface area contributed by atoms with E-state index in [-0.39, 0.29) is 0 Å². The molecule has 0 N–H and O–H groups in total. The first kappa shape index (κ1) is 34.6. The van der Waals surface area contributed by atoms with Gasteiger partial charge in [0.25, 0.3) is 0 Å². The van der Waals surface area contributed by atoms with Crippen molar-refractivity contribution in [3.05, 3.63) is 193 Å². The summed E-state index contributed by atoms with van der Waals surface area (Å²) in [5.74, 6) is 1.57. The minimum Gasteiger partial charge on any atom is -0.455 e. The van der Waals surface area contributed by atoms with Crippen molar-refractivity contribution < 1.29 is 4.42 Å². The Bertz CT molecular complexity index is 3440. The third-order valence-electron chi connectivity index (χ3n) is 11.1. The molecule has 3 aromatic heterocycles. The summed E-state index contributed by atoms with van der Waals surface area (Å²) in [6.07, 6.45) is 0. The lowest BCUT2D eigenvalue weighted by atomic mass is 9.91. The number of benzene rings is 8. The van der Waals surface area contributed by atoms with Gasteiger partial charge in [0.1, 0.15) is 11.2 Å². The van der Waals surface area contributed by atoms with Gasteiger partial charge in [0.05, 0.1) is 45.4 Å². The van der Waals surface area contributed by atoms with E-state index in [4.69, 9.17) is 19.4 Å². The molecule has 60 heavy (non-hydrogen) atoms. The van der Waals surface area contributed by atoms with Crippen LogP contribution in [0.3, 0.4) is 0 Å². The van der Waals surface area contributed by atoms with Crippen LogP contribution in [0.1, 0.15) is 11.1 Å². The van der Waals surface area contributed by atoms with E-state index in [0.717, 1.165) is 88.4 Å². The Morgan fingerprint density at radius 3 is 1.53 bits per heavy atom. The van der Waals surface area contributed by atoms with Crippen LogP contribution in [0, 0.1) is 22.7 Å². The second-order valence-electron chi connectivity index (χ2n) is 14.6. The van der Waals surface area contributed by atoms with Gasteiger partial charge in [0.2, 0.25) is 0 Å². The number of furan rings is 1. The van der Waals surface area contributed by atoms with Gasteiger partial charge >= 0.3 is 0 Å². The molecule has 0 unspecified atom stereocenters. The summed E-state index contributed by atoms with van der Waals surface area (Å²) < 4.78 is 8.97. The van der Waals surface area contributed by atoms with Gasteiger partial charge in [-0.25, -0.2) is 15.0 Å². The Hall–Kier alpha value is -8.65. The van der Waals surface area contributed by atoms with E-state index >= 15 is 0 Å². The molecule has 0 aliphatic rings. The topological polar surface area (TPSA) is 104 Å². The van der Waals surface area contributed by atoms with Crippen molar-refractivity contribution in [2.45, 2.75) is 0 Å². The highest BCUT2D eigenvalue weighted by atomic mass is 16.3. The highest BCUT2D eigenvalue weighted by Gasteiger charge is 2.25. The van der Waals surface area contributed by atoms with Gasteiger partial charge in [-0.05, 0) is 71.8 Å². The van der Waals surface area contributed by atoms with Gasteiger partial charge in [-0.3, -0.25) is 0 Å². The van der Waals surface area contributed by atoms with Crippen LogP contribution < -0.4 is 0 Å². The van der Waals surface area contributed by atoms with Crippen LogP contribution in [-0.4, -0.2) is 19.5 Å². The van der Waals surface area contributed by atoms with E-state index < -0.39 is 0 Å². The van der Waals surface area contributed by atoms with Gasteiger partial charge in [-0.15, -0.1) is 0 Å². The fourth-order valence-corrected chi connectivity index (χ4v) is 8.37. The lowest BCUT2D eigenvalue weighted by Crippen LogP contribution is -2.04. The zero-order valence-electron chi connectivity index (χ0n) is 31.9. The van der Waals surface area contributed by atoms with E-state index in [1.54, 1.807) is 0 Å². The molecule has 0 atom stereocenters. The molecule has 278 valence electrons. The van der Waals surface area contributed by atoms with Crippen molar-refractivity contribution in [1.82, 2.24) is 19.5 Å². The first-order valence-electron chi connectivity index (χ1n) is 19.6. The zero-order valence-corrected chi connectivity index (χ0v) is 31.9. The molecule has 8 aromatic carbocycles. The molecular formula is C53H30N6O. The molecule has 11 aromatic rings. The number of rotatable bonds is 6. The molecule has 0 bridgehead atoms. The van der Waals surface area contributed by atoms with Gasteiger partial charge < -0.3 is 8.98 Å². The Morgan fingerprint density at radius 1 is 0.417 bits per heavy atom. The van der Waals surface area contributed by atoms with E-state index in [9.17, 15) is 10.5 Å². The molecule has 0 saturated heterocycles. The van der Waals surface area contributed by atoms with Crippen molar-refractivity contribution in [2.24, 2.45) is 0 Å². The molecule has 0 spiro atoms. The summed E-state index contributed by atoms with van der Waals surface area (Å²) in [7, 11) is 0. The molecule has 7 nitrogen and oxygen atoms in total. The molecule has 0 amide bonds. The largest absolute Gasteiger partial charge is 0.455 e. The summed E-state index contributed by atoms with van der Waals surface area (Å²) in [6, 6.07) is 64.9. The van der Waals surface area contributed by atoms with E-state index in [0.29, 0.717) is 28.6 Å². The maximum atomic E-state index is 10.2. The second kappa shape index (κ2) is 14.1. The molecule has 0 fully saturated rings. The molecule has 0 saturated carbocycles. The summed E-state index contributed by atoms with van der Waals surface area (Å²) in [6.45, 7) is 0. The SMILES string of the molecule is N#Cc1cccc(-c2cc(-c3nc(-c4ccccc4)nc(-c4ccccc4)n3)cc(-c3cccc(C#N)c3)c2-n2c3ccccc3c3c4oc5ccccc5c4ccc32)c1. The van der Waals surface area contributed by atoms with Crippen molar-refractivity contribution in [3.8, 4) is 74.2 Å². The Labute approximate surface area is 344 Å². The highest BCUT2D eigenvalue weighted by Crippen LogP contribution is 2.46. The maximum Gasteiger partial charge on any atom is 0.164 e. The van der Waals surface area contributed by atoms with Crippen LogP contribution in [0.4, 0.5) is 0 Å². The number of nitrogens with zero attached hydrogens (tertiary/aromatic N) is 6. The summed E-state index contributed by atoms with van der Waals surface area (Å²) >= 11 is 0. The molecule has 0 radical (unpaired) electrons. The average Bonchev–Trinajstić information content (AvgIpc) is 3.87. The third-order valence-corrected chi connectivity index (χ3v) is 11.1. The molecule has 0 aliphatic carbocycles. The number of nitriles is 2. The smallest absolute Gasteiger partial charge is 0.164 e. The van der Waals surface area contributed by atoms with Gasteiger partial charge in [-0.1, -0.05) is 121 Å². The molecule has 11 rings (SSSR count). The monoisotopic (exact) mass is 766 g/mol. The standard InChI is InChI=1S/C53H30N6O/c54-31-33-13-11-19-37(27-33)43-29-39(53-57-51(35-15-3-1-4-16-35)56-52(58-53)36-17-5-2-6-18-36)30-44(38-20-12-14-34(28-38)32-55)49(43)59-45-23-9-7-22-42(45)48-46(59)26-25-41-40-21-8-10-24-47(40)60-50(41)48/h1-30H. The first-order valence-corrected chi connectivity index (χ1v) is 19.6. The number of fused-ring (bicyclic) bond motifs is 7. The molecule has 0 aliphatic heterocycles. The van der Waals surface area contributed by atoms with Crippen LogP contribution in [0.5, 0.6) is 0 Å². The normalized spacial score (nSPS) is 11.3. The van der Waals surface area contributed by atoms with Gasteiger partial charge in [-0.2, -0.15) is 10.5 Å². The Balaban J connectivity index is 1.29. The number of para-hydroxylation sites is 2. The van der Waals surface area contributed by atoms with Crippen molar-refractivity contribution >= 4 is 43.7 Å². The van der Waals surface area contributed by atoms with Crippen LogP contribution >= 0.6 is 0 Å². The van der Waals surface area contributed by atoms with E-state index in [1.807, 2.05) is 127 Å². The molecule has 7 heteroatoms. The summed E-state index contributed by atoms with van der Waals surface area (Å²) in [5.41, 5.74) is 11.3. The second-order valence-corrected chi connectivity index (χ2v) is 14.6. The van der Waals surface area contributed by atoms with Crippen LogP contribution in [0.25, 0.3) is 106 Å². The third kappa shape index (κ3) is 5.69. The maximum absolute atomic E-state index is 10.2. The Kier molecular flexibility index (Phi) is 8.11. The number of hydrogen-bond acceptors (Lipinski definition) is 6. The van der Waals surface area contributed by atoms with Gasteiger partial charge in [0.15, 0.2) is 17.5 Å². The fraction of sp³-hybridized carbons (Fsp3) is 0. The molecule has 3 heterocycles. The molecular weight excluding hydrogens is 737 g/mol. The average molecular weight is 767 g/mol. The van der Waals surface area contributed by atoms with E-state index in [2.05, 4.69) is 71.3 Å².